The van der Waals surface area contributed by atoms with Crippen LogP contribution in [0, 0.1) is 11.8 Å². The van der Waals surface area contributed by atoms with Gasteiger partial charge >= 0.3 is 0 Å². The Morgan fingerprint density at radius 1 is 1.04 bits per heavy atom. The Morgan fingerprint density at radius 3 is 2.57 bits per heavy atom. The van der Waals surface area contributed by atoms with Crippen LogP contribution >= 0.6 is 23.2 Å². The molecule has 7 heteroatoms. The van der Waals surface area contributed by atoms with Crippen molar-refractivity contribution >= 4 is 38.8 Å². The lowest BCUT2D eigenvalue weighted by molar-refractivity contribution is 0.100. The van der Waals surface area contributed by atoms with Gasteiger partial charge in [-0.25, -0.2) is 4.21 Å². The summed E-state index contributed by atoms with van der Waals surface area (Å²) in [4.78, 5) is 16.9. The van der Waals surface area contributed by atoms with Crippen molar-refractivity contribution < 1.29 is 9.00 Å². The number of carbonyl (C=O) groups is 1. The summed E-state index contributed by atoms with van der Waals surface area (Å²) in [5.74, 6) is 5.22. The Hall–Kier alpha value is -2.65. The monoisotopic (exact) mass is 428 g/mol. The maximum atomic E-state index is 12.8. The van der Waals surface area contributed by atoms with Crippen LogP contribution in [-0.4, -0.2) is 21.4 Å². The lowest BCUT2D eigenvalue weighted by Crippen LogP contribution is -2.04. The van der Waals surface area contributed by atoms with Crippen LogP contribution in [0.25, 0.3) is 0 Å². The molecule has 4 nitrogen and oxygen atoms in total. The van der Waals surface area contributed by atoms with Crippen molar-refractivity contribution in [3.05, 3.63) is 93.7 Å². The molecule has 140 valence electrons. The third-order valence-electron chi connectivity index (χ3n) is 3.69. The number of rotatable bonds is 2. The van der Waals surface area contributed by atoms with Gasteiger partial charge in [-0.3, -0.25) is 9.78 Å². The van der Waals surface area contributed by atoms with E-state index in [9.17, 15) is 9.00 Å². The summed E-state index contributed by atoms with van der Waals surface area (Å²) in [5, 5.41) is 0.964. The second kappa shape index (κ2) is 8.57. The van der Waals surface area contributed by atoms with Gasteiger partial charge in [-0.2, -0.15) is 4.36 Å². The molecule has 1 atom stereocenters. The average Bonchev–Trinajstić information content (AvgIpc) is 2.67. The molecule has 1 aromatic heterocycles. The number of hydrogen-bond donors (Lipinski definition) is 0. The van der Waals surface area contributed by atoms with E-state index in [-0.39, 0.29) is 5.56 Å². The number of pyridine rings is 1. The maximum Gasteiger partial charge on any atom is 0.286 e. The van der Waals surface area contributed by atoms with E-state index in [0.29, 0.717) is 26.1 Å². The fraction of sp³-hybridized carbons (Fsp3) is 0.0476. The topological polar surface area (TPSA) is 59.4 Å². The van der Waals surface area contributed by atoms with Crippen molar-refractivity contribution in [2.24, 2.45) is 4.36 Å². The number of benzene rings is 2. The third-order valence-corrected chi connectivity index (χ3v) is 5.90. The number of nitrogens with zero attached hydrogens (tertiary/aromatic N) is 2. The zero-order valence-corrected chi connectivity index (χ0v) is 17.1. The van der Waals surface area contributed by atoms with E-state index in [0.717, 1.165) is 0 Å². The van der Waals surface area contributed by atoms with Gasteiger partial charge in [-0.1, -0.05) is 53.2 Å². The zero-order chi connectivity index (χ0) is 20.1. The van der Waals surface area contributed by atoms with E-state index >= 15 is 0 Å². The highest BCUT2D eigenvalue weighted by Gasteiger charge is 2.12. The molecule has 0 saturated heterocycles. The molecule has 0 N–H and O–H groups in total. The highest BCUT2D eigenvalue weighted by Crippen LogP contribution is 2.18. The molecule has 0 aliphatic rings. The molecular weight excluding hydrogens is 415 g/mol. The van der Waals surface area contributed by atoms with E-state index in [2.05, 4.69) is 21.2 Å². The molecule has 3 aromatic rings. The van der Waals surface area contributed by atoms with Gasteiger partial charge in [-0.15, -0.1) is 0 Å². The molecular formula is C21H14Cl2N2O2S. The van der Waals surface area contributed by atoms with Crippen LogP contribution in [0.1, 0.15) is 21.5 Å². The van der Waals surface area contributed by atoms with Gasteiger partial charge in [-0.05, 0) is 36.4 Å². The normalized spacial score (nSPS) is 12.4. The van der Waals surface area contributed by atoms with Crippen LogP contribution in [0.15, 0.2) is 76.2 Å². The zero-order valence-electron chi connectivity index (χ0n) is 14.7. The van der Waals surface area contributed by atoms with Crippen LogP contribution in [0.5, 0.6) is 0 Å². The number of aromatic nitrogens is 1. The molecule has 1 amide bonds. The highest BCUT2D eigenvalue weighted by molar-refractivity contribution is 7.93. The van der Waals surface area contributed by atoms with E-state index < -0.39 is 15.6 Å². The summed E-state index contributed by atoms with van der Waals surface area (Å²) in [7, 11) is -2.94. The molecule has 2 aromatic carbocycles. The van der Waals surface area contributed by atoms with E-state index in [1.807, 2.05) is 12.1 Å². The van der Waals surface area contributed by atoms with Crippen molar-refractivity contribution in [1.29, 1.82) is 0 Å². The number of halogens is 2. The summed E-state index contributed by atoms with van der Waals surface area (Å²) < 4.78 is 16.7. The number of amides is 1. The summed E-state index contributed by atoms with van der Waals surface area (Å²) in [6, 6.07) is 15.2. The van der Waals surface area contributed by atoms with E-state index in [1.54, 1.807) is 36.4 Å². The molecule has 1 unspecified atom stereocenters. The van der Waals surface area contributed by atoms with Crippen LogP contribution in [0.3, 0.4) is 0 Å². The van der Waals surface area contributed by atoms with Gasteiger partial charge in [0.2, 0.25) is 0 Å². The first-order valence-electron chi connectivity index (χ1n) is 8.09. The molecule has 28 heavy (non-hydrogen) atoms. The molecule has 3 rings (SSSR count). The van der Waals surface area contributed by atoms with Gasteiger partial charge in [0.05, 0.1) is 20.3 Å². The third kappa shape index (κ3) is 4.99. The van der Waals surface area contributed by atoms with Crippen molar-refractivity contribution in [3.8, 4) is 11.8 Å². The van der Waals surface area contributed by atoms with E-state index in [1.165, 1.54) is 24.7 Å². The van der Waals surface area contributed by atoms with E-state index in [4.69, 9.17) is 23.2 Å². The van der Waals surface area contributed by atoms with Crippen molar-refractivity contribution in [1.82, 2.24) is 4.98 Å². The molecule has 0 bridgehead atoms. The quantitative estimate of drug-likeness (QED) is 0.534. The molecule has 0 aliphatic heterocycles. The van der Waals surface area contributed by atoms with Crippen LogP contribution in [-0.2, 0) is 9.73 Å². The summed E-state index contributed by atoms with van der Waals surface area (Å²) in [6.07, 6.45) is 4.28. The molecule has 1 heterocycles. The first kappa shape index (κ1) is 20.1. The van der Waals surface area contributed by atoms with Crippen molar-refractivity contribution in [3.63, 3.8) is 0 Å². The van der Waals surface area contributed by atoms with Gasteiger partial charge < -0.3 is 0 Å². The first-order chi connectivity index (χ1) is 13.3. The largest absolute Gasteiger partial charge is 0.286 e. The SMILES string of the molecule is CS(=O)(=NC(=O)c1cncc(C#Cc2ccccc2Cl)c1)c1cccc(Cl)c1. The predicted molar refractivity (Wildman–Crippen MR) is 112 cm³/mol. The predicted octanol–water partition coefficient (Wildman–Crippen LogP) is 5.09. The molecule has 0 aliphatic carbocycles. The van der Waals surface area contributed by atoms with Crippen molar-refractivity contribution in [2.45, 2.75) is 4.90 Å². The lowest BCUT2D eigenvalue weighted by Gasteiger charge is -2.04. The minimum Gasteiger partial charge on any atom is -0.266 e. The summed E-state index contributed by atoms with van der Waals surface area (Å²) >= 11 is 12.0. The molecule has 0 fully saturated rings. The standard InChI is InChI=1S/C21H14Cl2N2O2S/c1-28(27,19-7-4-6-18(22)12-19)25-21(26)17-11-15(13-24-14-17)9-10-16-5-2-3-8-20(16)23/h2-8,11-14H,1H3. The summed E-state index contributed by atoms with van der Waals surface area (Å²) in [6.45, 7) is 0. The minimum atomic E-state index is -2.94. The first-order valence-corrected chi connectivity index (χ1v) is 10.8. The maximum absolute atomic E-state index is 12.8. The van der Waals surface area contributed by atoms with Gasteiger partial charge in [0, 0.05) is 39.7 Å². The van der Waals surface area contributed by atoms with Crippen LogP contribution in [0.4, 0.5) is 0 Å². The highest BCUT2D eigenvalue weighted by atomic mass is 35.5. The fourth-order valence-electron chi connectivity index (χ4n) is 2.29. The van der Waals surface area contributed by atoms with Crippen LogP contribution in [0.2, 0.25) is 10.0 Å². The Bertz CT molecular complexity index is 1240. The smallest absolute Gasteiger partial charge is 0.266 e. The summed E-state index contributed by atoms with van der Waals surface area (Å²) in [5.41, 5.74) is 1.39. The fourth-order valence-corrected chi connectivity index (χ4v) is 3.94. The van der Waals surface area contributed by atoms with Gasteiger partial charge in [0.1, 0.15) is 0 Å². The van der Waals surface area contributed by atoms with Gasteiger partial charge in [0.15, 0.2) is 0 Å². The molecule has 0 spiro atoms. The van der Waals surface area contributed by atoms with Gasteiger partial charge in [0.25, 0.3) is 5.91 Å². The molecule has 0 radical (unpaired) electrons. The Labute approximate surface area is 173 Å². The average molecular weight is 429 g/mol. The van der Waals surface area contributed by atoms with Crippen molar-refractivity contribution in [2.75, 3.05) is 6.26 Å². The second-order valence-electron chi connectivity index (χ2n) is 5.85. The second-order valence-corrected chi connectivity index (χ2v) is 8.95. The number of carbonyl (C=O) groups excluding carboxylic acids is 1. The Balaban J connectivity index is 1.91. The Morgan fingerprint density at radius 2 is 1.82 bits per heavy atom. The molecule has 0 saturated carbocycles. The Kier molecular flexibility index (Phi) is 6.15. The number of hydrogen-bond acceptors (Lipinski definition) is 3. The van der Waals surface area contributed by atoms with Crippen LogP contribution < -0.4 is 0 Å². The minimum absolute atomic E-state index is 0.197. The lowest BCUT2D eigenvalue weighted by atomic mass is 10.1.